The van der Waals surface area contributed by atoms with Crippen molar-refractivity contribution in [3.8, 4) is 0 Å². The Morgan fingerprint density at radius 3 is 2.60 bits per heavy atom. The summed E-state index contributed by atoms with van der Waals surface area (Å²) in [5.41, 5.74) is 0. The van der Waals surface area contributed by atoms with Crippen molar-refractivity contribution in [1.82, 2.24) is 0 Å². The van der Waals surface area contributed by atoms with E-state index < -0.39 is 19.8 Å². The summed E-state index contributed by atoms with van der Waals surface area (Å²) in [6, 6.07) is 3.69. The predicted molar refractivity (Wildman–Crippen MR) is 121 cm³/mol. The van der Waals surface area contributed by atoms with Crippen molar-refractivity contribution >= 4 is 30.5 Å². The lowest BCUT2D eigenvalue weighted by molar-refractivity contribution is 0.138. The molecule has 0 aliphatic heterocycles. The molecule has 2 rings (SSSR count). The summed E-state index contributed by atoms with van der Waals surface area (Å²) >= 11 is 7.92. The summed E-state index contributed by atoms with van der Waals surface area (Å²) in [4.78, 5) is 20.0. The molecule has 1 aliphatic carbocycles. The summed E-state index contributed by atoms with van der Waals surface area (Å²) in [6.45, 7) is 1.73. The summed E-state index contributed by atoms with van der Waals surface area (Å²) < 4.78 is 11.1. The third kappa shape index (κ3) is 9.09. The molecule has 1 aromatic heterocycles. The number of hydrogen-bond acceptors (Lipinski definition) is 5. The Kier molecular flexibility index (Phi) is 10.5. The van der Waals surface area contributed by atoms with E-state index in [1.807, 2.05) is 12.1 Å². The Morgan fingerprint density at radius 1 is 1.23 bits per heavy atom. The van der Waals surface area contributed by atoms with E-state index in [4.69, 9.17) is 21.4 Å². The highest BCUT2D eigenvalue weighted by Gasteiger charge is 2.39. The number of aryl methyl sites for hydroxylation is 1. The van der Waals surface area contributed by atoms with Crippen LogP contribution in [0.3, 0.4) is 0 Å². The third-order valence-electron chi connectivity index (χ3n) is 5.59. The van der Waals surface area contributed by atoms with Gasteiger partial charge in [0.25, 0.3) is 0 Å². The molecule has 1 aromatic rings. The normalized spacial score (nSPS) is 27.0. The van der Waals surface area contributed by atoms with E-state index in [9.17, 15) is 19.9 Å². The maximum Gasteiger partial charge on any atom is 0.330 e. The van der Waals surface area contributed by atoms with Gasteiger partial charge in [-0.25, -0.2) is 0 Å². The van der Waals surface area contributed by atoms with Gasteiger partial charge in [-0.15, -0.1) is 22.9 Å². The van der Waals surface area contributed by atoms with Crippen LogP contribution < -0.4 is 0 Å². The predicted octanol–water partition coefficient (Wildman–Crippen LogP) is 3.82. The van der Waals surface area contributed by atoms with Crippen LogP contribution in [0.25, 0.3) is 0 Å². The molecule has 9 heteroatoms. The van der Waals surface area contributed by atoms with Crippen LogP contribution >= 0.6 is 30.5 Å². The van der Waals surface area contributed by atoms with Gasteiger partial charge in [0.2, 0.25) is 0 Å². The Labute approximate surface area is 187 Å². The van der Waals surface area contributed by atoms with Gasteiger partial charge in [0.1, 0.15) is 0 Å². The maximum absolute atomic E-state index is 11.1. The van der Waals surface area contributed by atoms with Crippen LogP contribution in [-0.4, -0.2) is 48.8 Å². The molecule has 30 heavy (non-hydrogen) atoms. The van der Waals surface area contributed by atoms with Gasteiger partial charge in [-0.1, -0.05) is 12.2 Å². The second kappa shape index (κ2) is 12.1. The van der Waals surface area contributed by atoms with Gasteiger partial charge in [0, 0.05) is 21.0 Å². The van der Waals surface area contributed by atoms with Gasteiger partial charge in [0.05, 0.1) is 24.5 Å². The Balaban J connectivity index is 1.84. The summed E-state index contributed by atoms with van der Waals surface area (Å²) in [5.74, 6) is 0.0320. The smallest absolute Gasteiger partial charge is 0.330 e. The zero-order valence-electron chi connectivity index (χ0n) is 17.3. The SMILES string of the molecule is C[C@@H](O)CCC[C@H](O)/C=C/[C@@H]1[C@@H](CCCc2ccc(CP(=O)(O)O)s2)[C@H](Cl)C[C@H]1O. The summed E-state index contributed by atoms with van der Waals surface area (Å²) in [5, 5.41) is 29.7. The number of rotatable bonds is 12. The first kappa shape index (κ1) is 26.0. The molecule has 0 bridgehead atoms. The average molecular weight is 481 g/mol. The second-order valence-corrected chi connectivity index (χ2v) is 11.8. The number of hydrogen-bond donors (Lipinski definition) is 5. The number of aliphatic hydroxyl groups is 3. The van der Waals surface area contributed by atoms with E-state index in [1.54, 1.807) is 19.1 Å². The lowest BCUT2D eigenvalue weighted by atomic mass is 9.89. The third-order valence-corrected chi connectivity index (χ3v) is 8.20. The lowest BCUT2D eigenvalue weighted by Crippen LogP contribution is -2.19. The van der Waals surface area contributed by atoms with Crippen molar-refractivity contribution in [3.63, 3.8) is 0 Å². The van der Waals surface area contributed by atoms with Gasteiger partial charge >= 0.3 is 7.60 Å². The van der Waals surface area contributed by atoms with Gasteiger partial charge in [0.15, 0.2) is 0 Å². The number of halogens is 1. The minimum Gasteiger partial charge on any atom is -0.393 e. The Morgan fingerprint density at radius 2 is 1.93 bits per heavy atom. The van der Waals surface area contributed by atoms with E-state index in [0.717, 1.165) is 30.6 Å². The fourth-order valence-corrected chi connectivity index (χ4v) is 6.67. The van der Waals surface area contributed by atoms with Gasteiger partial charge in [-0.3, -0.25) is 4.57 Å². The standard InChI is InChI=1S/C21H34ClO6PS/c1-14(23)4-2-5-15(24)8-11-19-18(20(22)12-21(19)25)7-3-6-16-9-10-17(30-16)13-29(26,27)28/h8-11,14-15,18-21,23-25H,2-7,12-13H2,1H3,(H2,26,27,28)/b11-8+/t14-,15+,18-,19-,20-,21-/m1/s1. The van der Waals surface area contributed by atoms with Crippen LogP contribution in [0.1, 0.15) is 55.2 Å². The van der Waals surface area contributed by atoms with Crippen molar-refractivity contribution in [2.75, 3.05) is 0 Å². The molecule has 0 radical (unpaired) electrons. The zero-order valence-corrected chi connectivity index (χ0v) is 19.8. The van der Waals surface area contributed by atoms with E-state index in [1.165, 1.54) is 11.3 Å². The van der Waals surface area contributed by atoms with Gasteiger partial charge in [-0.2, -0.15) is 0 Å². The van der Waals surface area contributed by atoms with Gasteiger partial charge in [-0.05, 0) is 69.9 Å². The monoisotopic (exact) mass is 480 g/mol. The number of aliphatic hydroxyl groups excluding tert-OH is 3. The second-order valence-electron chi connectivity index (χ2n) is 8.38. The molecule has 0 unspecified atom stereocenters. The molecular weight excluding hydrogens is 447 g/mol. The van der Waals surface area contributed by atoms with Crippen LogP contribution in [0.2, 0.25) is 0 Å². The highest BCUT2D eigenvalue weighted by atomic mass is 35.5. The fourth-order valence-electron chi connectivity index (χ4n) is 4.07. The molecule has 6 nitrogen and oxygen atoms in total. The molecule has 1 fully saturated rings. The zero-order chi connectivity index (χ0) is 22.3. The molecule has 0 aromatic carbocycles. The highest BCUT2D eigenvalue weighted by Crippen LogP contribution is 2.42. The average Bonchev–Trinajstić information content (AvgIpc) is 3.15. The molecule has 1 saturated carbocycles. The quantitative estimate of drug-likeness (QED) is 0.176. The van der Waals surface area contributed by atoms with E-state index in [2.05, 4.69) is 0 Å². The van der Waals surface area contributed by atoms with Crippen LogP contribution in [0.4, 0.5) is 0 Å². The number of alkyl halides is 1. The Bertz CT molecular complexity index is 718. The van der Waals surface area contributed by atoms with E-state index in [-0.39, 0.29) is 29.5 Å². The minimum absolute atomic E-state index is 0.0903. The molecule has 0 amide bonds. The molecule has 1 heterocycles. The van der Waals surface area contributed by atoms with E-state index in [0.29, 0.717) is 24.1 Å². The van der Waals surface area contributed by atoms with Gasteiger partial charge < -0.3 is 25.1 Å². The van der Waals surface area contributed by atoms with E-state index >= 15 is 0 Å². The first-order valence-electron chi connectivity index (χ1n) is 10.5. The molecule has 172 valence electrons. The molecular formula is C21H34ClO6PS. The van der Waals surface area contributed by atoms with Crippen LogP contribution in [0, 0.1) is 11.8 Å². The van der Waals surface area contributed by atoms with Crippen molar-refractivity contribution in [2.45, 2.75) is 81.7 Å². The fraction of sp³-hybridized carbons (Fsp3) is 0.714. The van der Waals surface area contributed by atoms with Crippen molar-refractivity contribution in [2.24, 2.45) is 11.8 Å². The van der Waals surface area contributed by atoms with Crippen LogP contribution in [0.15, 0.2) is 24.3 Å². The summed E-state index contributed by atoms with van der Waals surface area (Å²) in [7, 11) is -4.04. The van der Waals surface area contributed by atoms with Crippen molar-refractivity contribution in [1.29, 1.82) is 0 Å². The van der Waals surface area contributed by atoms with Crippen LogP contribution in [0.5, 0.6) is 0 Å². The highest BCUT2D eigenvalue weighted by molar-refractivity contribution is 7.51. The first-order valence-corrected chi connectivity index (χ1v) is 13.6. The molecule has 1 aliphatic rings. The van der Waals surface area contributed by atoms with Crippen molar-refractivity contribution < 1.29 is 29.7 Å². The Hall–Kier alpha value is -0.240. The largest absolute Gasteiger partial charge is 0.393 e. The maximum atomic E-state index is 11.1. The van der Waals surface area contributed by atoms with Crippen molar-refractivity contribution in [3.05, 3.63) is 34.0 Å². The number of thiophene rings is 1. The molecule has 0 saturated heterocycles. The van der Waals surface area contributed by atoms with Crippen LogP contribution in [-0.2, 0) is 17.1 Å². The lowest BCUT2D eigenvalue weighted by Gasteiger charge is -2.21. The molecule has 6 atom stereocenters. The summed E-state index contributed by atoms with van der Waals surface area (Å²) in [6.07, 6.45) is 6.96. The minimum atomic E-state index is -4.04. The molecule has 5 N–H and O–H groups in total. The molecule has 0 spiro atoms. The topological polar surface area (TPSA) is 118 Å². The first-order chi connectivity index (χ1) is 14.0.